The molecule has 0 amide bonds. The minimum absolute atomic E-state index is 0.354. The number of nitrogens with zero attached hydrogens (tertiary/aromatic N) is 1. The number of benzene rings is 1. The summed E-state index contributed by atoms with van der Waals surface area (Å²) in [6.45, 7) is 1.96. The molecule has 1 heterocycles. The highest BCUT2D eigenvalue weighted by Gasteiger charge is 2.45. The Bertz CT molecular complexity index is 487. The van der Waals surface area contributed by atoms with E-state index in [0.717, 1.165) is 18.8 Å². The summed E-state index contributed by atoms with van der Waals surface area (Å²) in [7, 11) is 0. The summed E-state index contributed by atoms with van der Waals surface area (Å²) in [5.41, 5.74) is 1.58. The zero-order chi connectivity index (χ0) is 12.8. The Kier molecular flexibility index (Phi) is 2.74. The number of aromatic carboxylic acids is 1. The van der Waals surface area contributed by atoms with Gasteiger partial charge >= 0.3 is 5.97 Å². The molecule has 1 aliphatic carbocycles. The first-order valence-electron chi connectivity index (χ1n) is 6.38. The Balaban J connectivity index is 1.85. The van der Waals surface area contributed by atoms with E-state index < -0.39 is 5.97 Å². The fourth-order valence-electron chi connectivity index (χ4n) is 3.32. The van der Waals surface area contributed by atoms with Crippen LogP contribution in [0.1, 0.15) is 36.0 Å². The van der Waals surface area contributed by atoms with Crippen LogP contribution in [0.4, 0.5) is 5.69 Å². The summed E-state index contributed by atoms with van der Waals surface area (Å²) >= 11 is 5.98. The average Bonchev–Trinajstić information content (AvgIpc) is 2.75. The Morgan fingerprint density at radius 3 is 2.56 bits per heavy atom. The minimum atomic E-state index is -0.881. The number of anilines is 1. The summed E-state index contributed by atoms with van der Waals surface area (Å²) in [5.74, 6) is -0.881. The van der Waals surface area contributed by atoms with E-state index in [1.165, 1.54) is 25.7 Å². The number of carboxylic acids is 1. The second-order valence-corrected chi connectivity index (χ2v) is 5.97. The van der Waals surface area contributed by atoms with Crippen LogP contribution in [0.5, 0.6) is 0 Å². The van der Waals surface area contributed by atoms with Gasteiger partial charge in [-0.05, 0) is 31.0 Å². The third-order valence-corrected chi connectivity index (χ3v) is 4.48. The van der Waals surface area contributed by atoms with E-state index in [2.05, 4.69) is 4.90 Å². The topological polar surface area (TPSA) is 40.5 Å². The van der Waals surface area contributed by atoms with Crippen molar-refractivity contribution >= 4 is 23.3 Å². The molecule has 3 rings (SSSR count). The maximum atomic E-state index is 11.2. The van der Waals surface area contributed by atoms with Crippen LogP contribution in [0.25, 0.3) is 0 Å². The monoisotopic (exact) mass is 265 g/mol. The van der Waals surface area contributed by atoms with Crippen molar-refractivity contribution in [1.82, 2.24) is 0 Å². The summed E-state index contributed by atoms with van der Waals surface area (Å²) in [6.07, 6.45) is 5.20. The van der Waals surface area contributed by atoms with Gasteiger partial charge in [0.05, 0.1) is 11.3 Å². The SMILES string of the molecule is O=C(O)c1ccc(Cl)cc1N1CC2(CCCC2)C1. The van der Waals surface area contributed by atoms with Gasteiger partial charge in [-0.15, -0.1) is 0 Å². The molecule has 2 aliphatic rings. The maximum Gasteiger partial charge on any atom is 0.337 e. The first-order chi connectivity index (χ1) is 8.60. The highest BCUT2D eigenvalue weighted by atomic mass is 35.5. The molecule has 1 saturated carbocycles. The molecule has 0 unspecified atom stereocenters. The van der Waals surface area contributed by atoms with Gasteiger partial charge in [-0.25, -0.2) is 4.79 Å². The van der Waals surface area contributed by atoms with Crippen LogP contribution in [0.2, 0.25) is 5.02 Å². The zero-order valence-corrected chi connectivity index (χ0v) is 10.9. The second kappa shape index (κ2) is 4.16. The number of rotatable bonds is 2. The Labute approximate surface area is 111 Å². The van der Waals surface area contributed by atoms with Crippen LogP contribution in [0.3, 0.4) is 0 Å². The van der Waals surface area contributed by atoms with Crippen molar-refractivity contribution in [3.8, 4) is 0 Å². The molecule has 0 bridgehead atoms. The first kappa shape index (κ1) is 11.8. The van der Waals surface area contributed by atoms with Gasteiger partial charge < -0.3 is 10.0 Å². The van der Waals surface area contributed by atoms with E-state index in [-0.39, 0.29) is 0 Å². The normalized spacial score (nSPS) is 21.1. The molecule has 1 saturated heterocycles. The Morgan fingerprint density at radius 1 is 1.28 bits per heavy atom. The van der Waals surface area contributed by atoms with Crippen LogP contribution in [0, 0.1) is 5.41 Å². The van der Waals surface area contributed by atoms with Gasteiger partial charge in [0.25, 0.3) is 0 Å². The van der Waals surface area contributed by atoms with Crippen LogP contribution in [0.15, 0.2) is 18.2 Å². The molecule has 0 radical (unpaired) electrons. The lowest BCUT2D eigenvalue weighted by Crippen LogP contribution is -2.55. The van der Waals surface area contributed by atoms with E-state index in [0.29, 0.717) is 16.0 Å². The van der Waals surface area contributed by atoms with Gasteiger partial charge in [0.1, 0.15) is 0 Å². The van der Waals surface area contributed by atoms with Gasteiger partial charge in [0, 0.05) is 23.5 Å². The van der Waals surface area contributed by atoms with Gasteiger partial charge in [-0.3, -0.25) is 0 Å². The number of hydrogen-bond donors (Lipinski definition) is 1. The quantitative estimate of drug-likeness (QED) is 0.891. The standard InChI is InChI=1S/C14H16ClNO2/c15-10-3-4-11(13(17)18)12(7-10)16-8-14(9-16)5-1-2-6-14/h3-4,7H,1-2,5-6,8-9H2,(H,17,18). The van der Waals surface area contributed by atoms with Crippen molar-refractivity contribution < 1.29 is 9.90 Å². The number of hydrogen-bond acceptors (Lipinski definition) is 2. The van der Waals surface area contributed by atoms with E-state index in [9.17, 15) is 9.90 Å². The number of carboxylic acid groups (broad SMARTS) is 1. The van der Waals surface area contributed by atoms with E-state index in [1.54, 1.807) is 18.2 Å². The summed E-state index contributed by atoms with van der Waals surface area (Å²) in [5, 5.41) is 9.81. The highest BCUT2D eigenvalue weighted by molar-refractivity contribution is 6.31. The predicted octanol–water partition coefficient (Wildman–Crippen LogP) is 3.42. The lowest BCUT2D eigenvalue weighted by Gasteiger charge is -2.50. The number of halogens is 1. The van der Waals surface area contributed by atoms with E-state index in [4.69, 9.17) is 11.6 Å². The predicted molar refractivity (Wildman–Crippen MR) is 71.5 cm³/mol. The molecule has 0 atom stereocenters. The van der Waals surface area contributed by atoms with Crippen molar-refractivity contribution in [3.05, 3.63) is 28.8 Å². The molecular formula is C14H16ClNO2. The van der Waals surface area contributed by atoms with E-state index >= 15 is 0 Å². The van der Waals surface area contributed by atoms with Gasteiger partial charge in [-0.2, -0.15) is 0 Å². The second-order valence-electron chi connectivity index (χ2n) is 5.53. The fraction of sp³-hybridized carbons (Fsp3) is 0.500. The molecular weight excluding hydrogens is 250 g/mol. The Morgan fingerprint density at radius 2 is 1.94 bits per heavy atom. The molecule has 3 nitrogen and oxygen atoms in total. The zero-order valence-electron chi connectivity index (χ0n) is 10.2. The first-order valence-corrected chi connectivity index (χ1v) is 6.75. The van der Waals surface area contributed by atoms with Crippen molar-refractivity contribution in [1.29, 1.82) is 0 Å². The smallest absolute Gasteiger partial charge is 0.337 e. The average molecular weight is 266 g/mol. The van der Waals surface area contributed by atoms with Crippen LogP contribution in [-0.4, -0.2) is 24.2 Å². The lowest BCUT2D eigenvalue weighted by atomic mass is 9.78. The van der Waals surface area contributed by atoms with Crippen LogP contribution in [-0.2, 0) is 0 Å². The van der Waals surface area contributed by atoms with E-state index in [1.807, 2.05) is 0 Å². The van der Waals surface area contributed by atoms with Gasteiger partial charge in [0.2, 0.25) is 0 Å². The highest BCUT2D eigenvalue weighted by Crippen LogP contribution is 2.47. The molecule has 1 aromatic rings. The molecule has 4 heteroatoms. The maximum absolute atomic E-state index is 11.2. The number of carbonyl (C=O) groups is 1. The molecule has 18 heavy (non-hydrogen) atoms. The van der Waals surface area contributed by atoms with Crippen molar-refractivity contribution in [2.75, 3.05) is 18.0 Å². The van der Waals surface area contributed by atoms with Crippen LogP contribution >= 0.6 is 11.6 Å². The third-order valence-electron chi connectivity index (χ3n) is 4.25. The minimum Gasteiger partial charge on any atom is -0.478 e. The van der Waals surface area contributed by atoms with Gasteiger partial charge in [0.15, 0.2) is 0 Å². The fourth-order valence-corrected chi connectivity index (χ4v) is 3.49. The molecule has 1 N–H and O–H groups in total. The Hall–Kier alpha value is -1.22. The third kappa shape index (κ3) is 1.87. The summed E-state index contributed by atoms with van der Waals surface area (Å²) < 4.78 is 0. The van der Waals surface area contributed by atoms with Crippen molar-refractivity contribution in [3.63, 3.8) is 0 Å². The largest absolute Gasteiger partial charge is 0.478 e. The summed E-state index contributed by atoms with van der Waals surface area (Å²) in [6, 6.07) is 5.01. The summed E-state index contributed by atoms with van der Waals surface area (Å²) in [4.78, 5) is 13.4. The molecule has 1 spiro atoms. The molecule has 2 fully saturated rings. The van der Waals surface area contributed by atoms with Crippen LogP contribution < -0.4 is 4.90 Å². The van der Waals surface area contributed by atoms with Gasteiger partial charge in [-0.1, -0.05) is 24.4 Å². The van der Waals surface area contributed by atoms with Crippen molar-refractivity contribution in [2.45, 2.75) is 25.7 Å². The lowest BCUT2D eigenvalue weighted by molar-refractivity contribution is 0.0696. The van der Waals surface area contributed by atoms with Crippen molar-refractivity contribution in [2.24, 2.45) is 5.41 Å². The molecule has 96 valence electrons. The molecule has 1 aromatic carbocycles. The molecule has 1 aliphatic heterocycles. The molecule has 0 aromatic heterocycles.